The summed E-state index contributed by atoms with van der Waals surface area (Å²) >= 11 is 0. The summed E-state index contributed by atoms with van der Waals surface area (Å²) < 4.78 is 0. The molecule has 0 unspecified atom stereocenters. The summed E-state index contributed by atoms with van der Waals surface area (Å²) in [5, 5.41) is 0. The van der Waals surface area contributed by atoms with Crippen molar-refractivity contribution >= 4 is 29.7 Å². The maximum atomic E-state index is 12.8. The van der Waals surface area contributed by atoms with E-state index in [0.29, 0.717) is 18.5 Å². The van der Waals surface area contributed by atoms with Gasteiger partial charge in [0.05, 0.1) is 6.54 Å². The second-order valence-electron chi connectivity index (χ2n) is 7.04. The minimum absolute atomic E-state index is 0. The van der Waals surface area contributed by atoms with Gasteiger partial charge < -0.3 is 15.5 Å². The fourth-order valence-electron chi connectivity index (χ4n) is 3.38. The zero-order valence-electron chi connectivity index (χ0n) is 14.1. The van der Waals surface area contributed by atoms with E-state index in [9.17, 15) is 4.79 Å². The number of hydrogen-bond acceptors (Lipinski definition) is 3. The quantitative estimate of drug-likeness (QED) is 0.840. The number of hydrogen-bond donors (Lipinski definition) is 1. The van der Waals surface area contributed by atoms with Crippen LogP contribution < -0.4 is 10.6 Å². The van der Waals surface area contributed by atoms with Crippen molar-refractivity contribution < 1.29 is 4.79 Å². The number of nitrogen functional groups attached to an aromatic ring is 1. The Morgan fingerprint density at radius 3 is 2.78 bits per heavy atom. The average Bonchev–Trinajstić information content (AvgIpc) is 3.30. The van der Waals surface area contributed by atoms with Gasteiger partial charge in [-0.25, -0.2) is 0 Å². The Hall–Kier alpha value is -1.42. The number of nitrogens with two attached hydrogens (primary N) is 1. The van der Waals surface area contributed by atoms with Gasteiger partial charge in [-0.3, -0.25) is 4.79 Å². The van der Waals surface area contributed by atoms with Gasteiger partial charge in [0.15, 0.2) is 0 Å². The molecule has 1 amide bonds. The van der Waals surface area contributed by atoms with Gasteiger partial charge in [-0.15, -0.1) is 12.4 Å². The van der Waals surface area contributed by atoms with Crippen molar-refractivity contribution in [3.05, 3.63) is 23.8 Å². The molecule has 4 nitrogen and oxygen atoms in total. The second-order valence-corrected chi connectivity index (χ2v) is 7.04. The third-order valence-corrected chi connectivity index (χ3v) is 4.58. The molecule has 0 saturated heterocycles. The van der Waals surface area contributed by atoms with Crippen LogP contribution in [0, 0.1) is 5.92 Å². The Balaban J connectivity index is 0.00000192. The van der Waals surface area contributed by atoms with E-state index in [1.165, 1.54) is 18.4 Å². The van der Waals surface area contributed by atoms with Crippen LogP contribution in [-0.2, 0) is 11.2 Å². The van der Waals surface area contributed by atoms with Crippen molar-refractivity contribution in [3.63, 3.8) is 0 Å². The van der Waals surface area contributed by atoms with Crippen LogP contribution in [0.5, 0.6) is 0 Å². The number of fused-ring (bicyclic) bond motifs is 1. The van der Waals surface area contributed by atoms with E-state index in [0.717, 1.165) is 37.3 Å². The van der Waals surface area contributed by atoms with Crippen LogP contribution in [0.2, 0.25) is 0 Å². The molecule has 1 fully saturated rings. The summed E-state index contributed by atoms with van der Waals surface area (Å²) in [6.45, 7) is 6.67. The highest BCUT2D eigenvalue weighted by Gasteiger charge is 2.33. The van der Waals surface area contributed by atoms with E-state index in [4.69, 9.17) is 5.73 Å². The van der Waals surface area contributed by atoms with Crippen LogP contribution in [0.3, 0.4) is 0 Å². The smallest absolute Gasteiger partial charge is 0.242 e. The molecule has 0 aromatic heterocycles. The molecule has 1 aliphatic heterocycles. The molecule has 3 rings (SSSR count). The summed E-state index contributed by atoms with van der Waals surface area (Å²) in [4.78, 5) is 17.1. The van der Waals surface area contributed by atoms with Crippen LogP contribution in [0.4, 0.5) is 11.4 Å². The van der Waals surface area contributed by atoms with Gasteiger partial charge in [0.1, 0.15) is 0 Å². The molecular formula is C18H28ClN3O. The molecular weight excluding hydrogens is 310 g/mol. The van der Waals surface area contributed by atoms with Crippen molar-refractivity contribution in [3.8, 4) is 0 Å². The minimum atomic E-state index is 0. The van der Waals surface area contributed by atoms with Gasteiger partial charge in [-0.05, 0) is 49.3 Å². The number of anilines is 2. The SMILES string of the molecule is CC(C)CN(C(=O)CN1CCCc2c(N)cccc21)C1CC1.Cl. The molecule has 5 heteroatoms. The van der Waals surface area contributed by atoms with Crippen LogP contribution in [-0.4, -0.2) is 36.5 Å². The molecule has 1 aromatic rings. The van der Waals surface area contributed by atoms with Crippen molar-refractivity contribution in [2.45, 2.75) is 45.6 Å². The van der Waals surface area contributed by atoms with Crippen molar-refractivity contribution in [1.29, 1.82) is 0 Å². The van der Waals surface area contributed by atoms with E-state index >= 15 is 0 Å². The lowest BCUT2D eigenvalue weighted by Crippen LogP contribution is -2.44. The first-order valence-electron chi connectivity index (χ1n) is 8.48. The maximum Gasteiger partial charge on any atom is 0.242 e. The molecule has 0 radical (unpaired) electrons. The fraction of sp³-hybridized carbons (Fsp3) is 0.611. The predicted molar refractivity (Wildman–Crippen MR) is 98.2 cm³/mol. The molecule has 2 N–H and O–H groups in total. The van der Waals surface area contributed by atoms with E-state index in [2.05, 4.69) is 29.7 Å². The van der Waals surface area contributed by atoms with Crippen LogP contribution in [0.25, 0.3) is 0 Å². The highest BCUT2D eigenvalue weighted by Crippen LogP contribution is 2.32. The summed E-state index contributed by atoms with van der Waals surface area (Å²) in [6.07, 6.45) is 4.43. The Kier molecular flexibility index (Phi) is 5.79. The molecule has 0 bridgehead atoms. The molecule has 1 aliphatic carbocycles. The molecule has 0 spiro atoms. The van der Waals surface area contributed by atoms with Crippen LogP contribution in [0.15, 0.2) is 18.2 Å². The third kappa shape index (κ3) is 4.11. The largest absolute Gasteiger partial charge is 0.398 e. The standard InChI is InChI=1S/C18H27N3O.ClH/c1-13(2)11-21(14-8-9-14)18(22)12-20-10-4-5-15-16(19)6-3-7-17(15)20;/h3,6-7,13-14H,4-5,8-12,19H2,1-2H3;1H. The van der Waals surface area contributed by atoms with E-state index in [1.807, 2.05) is 12.1 Å². The lowest BCUT2D eigenvalue weighted by atomic mass is 10.00. The zero-order chi connectivity index (χ0) is 15.7. The van der Waals surface area contributed by atoms with E-state index in [1.54, 1.807) is 0 Å². The van der Waals surface area contributed by atoms with Crippen molar-refractivity contribution in [2.75, 3.05) is 30.3 Å². The molecule has 128 valence electrons. The normalized spacial score (nSPS) is 16.7. The monoisotopic (exact) mass is 337 g/mol. The third-order valence-electron chi connectivity index (χ3n) is 4.58. The van der Waals surface area contributed by atoms with Crippen LogP contribution in [0.1, 0.15) is 38.7 Å². The first-order chi connectivity index (χ1) is 10.6. The van der Waals surface area contributed by atoms with E-state index in [-0.39, 0.29) is 18.3 Å². The van der Waals surface area contributed by atoms with Gasteiger partial charge in [0.25, 0.3) is 0 Å². The Bertz CT molecular complexity index is 557. The fourth-order valence-corrected chi connectivity index (χ4v) is 3.38. The summed E-state index contributed by atoms with van der Waals surface area (Å²) in [5.41, 5.74) is 9.32. The highest BCUT2D eigenvalue weighted by atomic mass is 35.5. The molecule has 1 aromatic carbocycles. The molecule has 1 heterocycles. The Morgan fingerprint density at radius 1 is 1.39 bits per heavy atom. The number of nitrogens with zero attached hydrogens (tertiary/aromatic N) is 2. The van der Waals surface area contributed by atoms with Gasteiger partial charge >= 0.3 is 0 Å². The van der Waals surface area contributed by atoms with Crippen molar-refractivity contribution in [1.82, 2.24) is 4.90 Å². The van der Waals surface area contributed by atoms with Gasteiger partial charge in [0, 0.05) is 30.5 Å². The second kappa shape index (κ2) is 7.43. The molecule has 0 atom stereocenters. The summed E-state index contributed by atoms with van der Waals surface area (Å²) in [6, 6.07) is 6.53. The van der Waals surface area contributed by atoms with Gasteiger partial charge in [0.2, 0.25) is 5.91 Å². The molecule has 2 aliphatic rings. The van der Waals surface area contributed by atoms with Gasteiger partial charge in [-0.2, -0.15) is 0 Å². The number of halogens is 1. The highest BCUT2D eigenvalue weighted by molar-refractivity contribution is 5.85. The number of rotatable bonds is 5. The van der Waals surface area contributed by atoms with Crippen molar-refractivity contribution in [2.24, 2.45) is 5.92 Å². The lowest BCUT2D eigenvalue weighted by Gasteiger charge is -2.34. The number of carbonyl (C=O) groups is 1. The molecule has 1 saturated carbocycles. The van der Waals surface area contributed by atoms with Gasteiger partial charge in [-0.1, -0.05) is 19.9 Å². The first-order valence-corrected chi connectivity index (χ1v) is 8.48. The number of benzene rings is 1. The Morgan fingerprint density at radius 2 is 2.13 bits per heavy atom. The lowest BCUT2D eigenvalue weighted by molar-refractivity contribution is -0.130. The number of carbonyl (C=O) groups excluding carboxylic acids is 1. The zero-order valence-corrected chi connectivity index (χ0v) is 14.9. The Labute approximate surface area is 145 Å². The van der Waals surface area contributed by atoms with Crippen LogP contribution >= 0.6 is 12.4 Å². The number of amides is 1. The average molecular weight is 338 g/mol. The summed E-state index contributed by atoms with van der Waals surface area (Å²) in [5.74, 6) is 0.792. The predicted octanol–water partition coefficient (Wildman–Crippen LogP) is 3.09. The van der Waals surface area contributed by atoms with E-state index < -0.39 is 0 Å². The molecule has 23 heavy (non-hydrogen) atoms. The first kappa shape index (κ1) is 17.9. The summed E-state index contributed by atoms with van der Waals surface area (Å²) in [7, 11) is 0. The maximum absolute atomic E-state index is 12.8. The topological polar surface area (TPSA) is 49.6 Å². The minimum Gasteiger partial charge on any atom is -0.398 e.